The second kappa shape index (κ2) is 6.52. The fraction of sp³-hybridized carbons (Fsp3) is 0.375. The number of ether oxygens (including phenoxy) is 2. The van der Waals surface area contributed by atoms with Crippen molar-refractivity contribution in [1.82, 2.24) is 5.32 Å². The summed E-state index contributed by atoms with van der Waals surface area (Å²) >= 11 is 3.40. The Kier molecular flexibility index (Phi) is 4.90. The van der Waals surface area contributed by atoms with Crippen molar-refractivity contribution in [3.8, 4) is 0 Å². The van der Waals surface area contributed by atoms with Gasteiger partial charge in [0.05, 0.1) is 6.04 Å². The molecule has 0 radical (unpaired) electrons. The summed E-state index contributed by atoms with van der Waals surface area (Å²) in [6, 6.07) is 6.93. The van der Waals surface area contributed by atoms with Crippen LogP contribution in [0.25, 0.3) is 0 Å². The molecule has 1 aromatic carbocycles. The van der Waals surface area contributed by atoms with Crippen molar-refractivity contribution in [3.05, 3.63) is 46.5 Å². The molecule has 6 heteroatoms. The fourth-order valence-electron chi connectivity index (χ4n) is 2.05. The predicted molar refractivity (Wildman–Crippen MR) is 85.3 cm³/mol. The van der Waals surface area contributed by atoms with E-state index in [0.29, 0.717) is 0 Å². The van der Waals surface area contributed by atoms with Gasteiger partial charge < -0.3 is 14.8 Å². The maximum atomic E-state index is 12.1. The van der Waals surface area contributed by atoms with E-state index in [1.54, 1.807) is 26.8 Å². The van der Waals surface area contributed by atoms with E-state index in [9.17, 15) is 9.59 Å². The normalized spacial score (nSPS) is 18.7. The zero-order chi connectivity index (χ0) is 16.3. The van der Waals surface area contributed by atoms with Gasteiger partial charge in [0.15, 0.2) is 0 Å². The minimum absolute atomic E-state index is 0.420. The monoisotopic (exact) mass is 367 g/mol. The van der Waals surface area contributed by atoms with Gasteiger partial charge in [-0.2, -0.15) is 0 Å². The molecule has 1 aromatic rings. The molecule has 1 aliphatic rings. The number of esters is 1. The van der Waals surface area contributed by atoms with Gasteiger partial charge in [-0.05, 0) is 44.5 Å². The van der Waals surface area contributed by atoms with Crippen LogP contribution in [0.2, 0.25) is 0 Å². The molecule has 2 atom stereocenters. The number of hydrogen-bond donors (Lipinski definition) is 1. The van der Waals surface area contributed by atoms with Gasteiger partial charge in [-0.1, -0.05) is 28.1 Å². The smallest absolute Gasteiger partial charge is 0.408 e. The highest BCUT2D eigenvalue weighted by atomic mass is 79.9. The Morgan fingerprint density at radius 3 is 2.68 bits per heavy atom. The van der Waals surface area contributed by atoms with Gasteiger partial charge in [0.2, 0.25) is 0 Å². The van der Waals surface area contributed by atoms with Crippen LogP contribution in [0.5, 0.6) is 0 Å². The summed E-state index contributed by atoms with van der Waals surface area (Å²) in [5.41, 5.74) is 0.207. The first-order chi connectivity index (χ1) is 10.2. The third-order valence-electron chi connectivity index (χ3n) is 2.88. The molecular weight excluding hydrogens is 350 g/mol. The van der Waals surface area contributed by atoms with Gasteiger partial charge in [-0.15, -0.1) is 0 Å². The summed E-state index contributed by atoms with van der Waals surface area (Å²) < 4.78 is 11.4. The van der Waals surface area contributed by atoms with Crippen molar-refractivity contribution in [3.63, 3.8) is 0 Å². The van der Waals surface area contributed by atoms with Crippen LogP contribution in [0.1, 0.15) is 32.4 Å². The molecule has 118 valence electrons. The molecule has 2 rings (SSSR count). The Bertz CT molecular complexity index is 606. The summed E-state index contributed by atoms with van der Waals surface area (Å²) in [6.45, 7) is 5.36. The van der Waals surface area contributed by atoms with E-state index in [1.165, 1.54) is 6.08 Å². The zero-order valence-electron chi connectivity index (χ0n) is 12.6. The second-order valence-corrected chi connectivity index (χ2v) is 6.86. The number of carbonyl (C=O) groups excluding carboxylic acids is 2. The van der Waals surface area contributed by atoms with Crippen molar-refractivity contribution in [2.24, 2.45) is 0 Å². The predicted octanol–water partition coefficient (Wildman–Crippen LogP) is 3.50. The van der Waals surface area contributed by atoms with Crippen molar-refractivity contribution in [2.75, 3.05) is 0 Å². The van der Waals surface area contributed by atoms with Gasteiger partial charge in [-0.25, -0.2) is 9.59 Å². The molecule has 1 amide bonds. The third kappa shape index (κ3) is 4.59. The van der Waals surface area contributed by atoms with Gasteiger partial charge in [0.25, 0.3) is 0 Å². The lowest BCUT2D eigenvalue weighted by Gasteiger charge is -2.26. The number of alkyl carbamates (subject to hydrolysis) is 1. The standard InChI is InChI=1S/C16H18BrNO4/c1-16(2,3)22-15(20)18-14(12-7-8-13(19)21-12)10-5-4-6-11(17)9-10/h4-9,12,14H,1-3H3,(H,18,20)/t12-,14+/m0/s1. The molecule has 0 spiro atoms. The molecule has 5 nitrogen and oxygen atoms in total. The minimum atomic E-state index is -0.603. The van der Waals surface area contributed by atoms with E-state index in [2.05, 4.69) is 21.2 Å². The average Bonchev–Trinajstić information content (AvgIpc) is 2.80. The van der Waals surface area contributed by atoms with E-state index in [0.717, 1.165) is 10.0 Å². The van der Waals surface area contributed by atoms with E-state index in [4.69, 9.17) is 9.47 Å². The first kappa shape index (κ1) is 16.5. The van der Waals surface area contributed by atoms with Crippen molar-refractivity contribution in [2.45, 2.75) is 38.5 Å². The topological polar surface area (TPSA) is 64.6 Å². The Hall–Kier alpha value is -1.82. The van der Waals surface area contributed by atoms with Crippen LogP contribution in [0.4, 0.5) is 4.79 Å². The highest BCUT2D eigenvalue weighted by Gasteiger charge is 2.31. The molecule has 0 saturated carbocycles. The lowest BCUT2D eigenvalue weighted by molar-refractivity contribution is -0.139. The fourth-order valence-corrected chi connectivity index (χ4v) is 2.47. The molecule has 0 aromatic heterocycles. The number of cyclic esters (lactones) is 1. The SMILES string of the molecule is CC(C)(C)OC(=O)N[C@H](c1cccc(Br)c1)[C@@H]1C=CC(=O)O1. The number of halogens is 1. The molecule has 0 unspecified atom stereocenters. The van der Waals surface area contributed by atoms with Gasteiger partial charge in [0.1, 0.15) is 11.7 Å². The Morgan fingerprint density at radius 1 is 1.41 bits per heavy atom. The lowest BCUT2D eigenvalue weighted by Crippen LogP contribution is -2.39. The van der Waals surface area contributed by atoms with Crippen LogP contribution in [0.3, 0.4) is 0 Å². The van der Waals surface area contributed by atoms with E-state index >= 15 is 0 Å². The number of hydrogen-bond acceptors (Lipinski definition) is 4. The Balaban J connectivity index is 2.21. The van der Waals surface area contributed by atoms with Crippen LogP contribution in [0.15, 0.2) is 40.9 Å². The van der Waals surface area contributed by atoms with Gasteiger partial charge in [-0.3, -0.25) is 0 Å². The van der Waals surface area contributed by atoms with Crippen LogP contribution in [-0.4, -0.2) is 23.8 Å². The molecule has 1 N–H and O–H groups in total. The van der Waals surface area contributed by atoms with Crippen LogP contribution >= 0.6 is 15.9 Å². The average molecular weight is 368 g/mol. The lowest BCUT2D eigenvalue weighted by atomic mass is 10.0. The number of nitrogens with one attached hydrogen (secondary N) is 1. The summed E-state index contributed by atoms with van der Waals surface area (Å²) in [6.07, 6.45) is 1.86. The van der Waals surface area contributed by atoms with E-state index in [-0.39, 0.29) is 0 Å². The third-order valence-corrected chi connectivity index (χ3v) is 3.38. The number of rotatable bonds is 3. The maximum Gasteiger partial charge on any atom is 0.408 e. The minimum Gasteiger partial charge on any atom is -0.452 e. The molecule has 22 heavy (non-hydrogen) atoms. The van der Waals surface area contributed by atoms with Crippen molar-refractivity contribution < 1.29 is 19.1 Å². The molecule has 0 fully saturated rings. The Labute approximate surface area is 137 Å². The van der Waals surface area contributed by atoms with Gasteiger partial charge >= 0.3 is 12.1 Å². The number of benzene rings is 1. The maximum absolute atomic E-state index is 12.1. The second-order valence-electron chi connectivity index (χ2n) is 5.94. The number of amides is 1. The highest BCUT2D eigenvalue weighted by Crippen LogP contribution is 2.26. The summed E-state index contributed by atoms with van der Waals surface area (Å²) in [5.74, 6) is -0.420. The van der Waals surface area contributed by atoms with E-state index in [1.807, 2.05) is 24.3 Å². The molecular formula is C16H18BrNO4. The highest BCUT2D eigenvalue weighted by molar-refractivity contribution is 9.10. The molecule has 1 heterocycles. The Morgan fingerprint density at radius 2 is 2.14 bits per heavy atom. The number of carbonyl (C=O) groups is 2. The summed E-state index contributed by atoms with van der Waals surface area (Å²) in [7, 11) is 0. The van der Waals surface area contributed by atoms with Crippen LogP contribution in [0, 0.1) is 0 Å². The molecule has 0 saturated heterocycles. The summed E-state index contributed by atoms with van der Waals surface area (Å²) in [4.78, 5) is 23.4. The molecule has 1 aliphatic heterocycles. The quantitative estimate of drug-likeness (QED) is 0.830. The van der Waals surface area contributed by atoms with Crippen molar-refractivity contribution in [1.29, 1.82) is 0 Å². The first-order valence-corrected chi connectivity index (χ1v) is 7.68. The van der Waals surface area contributed by atoms with E-state index < -0.39 is 29.8 Å². The molecule has 0 aliphatic carbocycles. The van der Waals surface area contributed by atoms with Crippen LogP contribution in [-0.2, 0) is 14.3 Å². The van der Waals surface area contributed by atoms with Crippen molar-refractivity contribution >= 4 is 28.0 Å². The zero-order valence-corrected chi connectivity index (χ0v) is 14.2. The molecule has 0 bridgehead atoms. The largest absolute Gasteiger partial charge is 0.452 e. The van der Waals surface area contributed by atoms with Crippen LogP contribution < -0.4 is 5.32 Å². The summed E-state index contributed by atoms with van der Waals surface area (Å²) in [5, 5.41) is 2.77. The first-order valence-electron chi connectivity index (χ1n) is 6.88. The van der Waals surface area contributed by atoms with Gasteiger partial charge in [0, 0.05) is 10.5 Å².